The lowest BCUT2D eigenvalue weighted by molar-refractivity contribution is 0.120. The molecular weight excluding hydrogens is 232 g/mol. The lowest BCUT2D eigenvalue weighted by atomic mass is 10.1. The maximum atomic E-state index is 11.4. The van der Waals surface area contributed by atoms with Crippen molar-refractivity contribution in [3.8, 4) is 0 Å². The molecule has 2 aliphatic carbocycles. The quantitative estimate of drug-likeness (QED) is 0.756. The highest BCUT2D eigenvalue weighted by atomic mass is 28.3. The van der Waals surface area contributed by atoms with E-state index in [0.29, 0.717) is 18.4 Å². The highest BCUT2D eigenvalue weighted by Gasteiger charge is 2.54. The second-order valence-corrected chi connectivity index (χ2v) is 12.4. The van der Waals surface area contributed by atoms with Gasteiger partial charge in [0.15, 0.2) is 0 Å². The van der Waals surface area contributed by atoms with Crippen LogP contribution < -0.4 is 5.73 Å². The third-order valence-electron chi connectivity index (χ3n) is 4.21. The zero-order valence-electron chi connectivity index (χ0n) is 11.0. The van der Waals surface area contributed by atoms with Crippen LogP contribution in [0.15, 0.2) is 0 Å². The van der Waals surface area contributed by atoms with Gasteiger partial charge in [0.05, 0.1) is 6.04 Å². The third-order valence-corrected chi connectivity index (χ3v) is 5.93. The normalized spacial score (nSPS) is 35.5. The van der Waals surface area contributed by atoms with Gasteiger partial charge in [0.1, 0.15) is 0 Å². The summed E-state index contributed by atoms with van der Waals surface area (Å²) in [5.41, 5.74) is 6.15. The number of nitrogens with zero attached hydrogens (tertiary/aromatic N) is 1. The van der Waals surface area contributed by atoms with E-state index in [4.69, 9.17) is 5.73 Å². The first-order chi connectivity index (χ1) is 7.79. The van der Waals surface area contributed by atoms with Gasteiger partial charge in [-0.3, -0.25) is 0 Å². The Hall–Kier alpha value is -0.553. The molecule has 0 heterocycles. The van der Waals surface area contributed by atoms with E-state index in [1.807, 2.05) is 0 Å². The number of nitrogens with two attached hydrogens (primary N) is 1. The Morgan fingerprint density at radius 2 is 2.06 bits per heavy atom. The van der Waals surface area contributed by atoms with Crippen molar-refractivity contribution in [3.63, 3.8) is 0 Å². The van der Waals surface area contributed by atoms with Crippen molar-refractivity contribution < 1.29 is 9.90 Å². The fourth-order valence-corrected chi connectivity index (χ4v) is 3.87. The maximum Gasteiger partial charge on any atom is 0.407 e. The van der Waals surface area contributed by atoms with Crippen molar-refractivity contribution in [2.75, 3.05) is 6.54 Å². The third kappa shape index (κ3) is 2.82. The van der Waals surface area contributed by atoms with E-state index in [1.54, 1.807) is 4.90 Å². The Morgan fingerprint density at radius 3 is 2.47 bits per heavy atom. The summed E-state index contributed by atoms with van der Waals surface area (Å²) in [6.45, 7) is 7.50. The van der Waals surface area contributed by atoms with Crippen LogP contribution in [0, 0.1) is 11.8 Å². The maximum absolute atomic E-state index is 11.4. The molecule has 17 heavy (non-hydrogen) atoms. The molecule has 2 aliphatic rings. The molecule has 0 saturated heterocycles. The predicted molar refractivity (Wildman–Crippen MR) is 70.9 cm³/mol. The van der Waals surface area contributed by atoms with E-state index in [9.17, 15) is 9.90 Å². The number of amides is 1. The summed E-state index contributed by atoms with van der Waals surface area (Å²) in [4.78, 5) is 13.0. The van der Waals surface area contributed by atoms with Gasteiger partial charge in [-0.1, -0.05) is 19.6 Å². The van der Waals surface area contributed by atoms with E-state index in [2.05, 4.69) is 19.6 Å². The van der Waals surface area contributed by atoms with Crippen molar-refractivity contribution in [2.45, 2.75) is 50.6 Å². The van der Waals surface area contributed by atoms with Gasteiger partial charge in [-0.25, -0.2) is 4.79 Å². The average molecular weight is 256 g/mol. The molecule has 0 aromatic rings. The number of rotatable bonds is 4. The molecule has 2 fully saturated rings. The van der Waals surface area contributed by atoms with Crippen LogP contribution >= 0.6 is 0 Å². The molecule has 2 rings (SSSR count). The van der Waals surface area contributed by atoms with Gasteiger partial charge in [0, 0.05) is 20.7 Å². The lowest BCUT2D eigenvalue weighted by Crippen LogP contribution is -2.50. The number of carbonyl (C=O) groups is 1. The summed E-state index contributed by atoms with van der Waals surface area (Å²) in [5, 5.41) is 9.34. The molecule has 0 bridgehead atoms. The molecule has 5 heteroatoms. The molecule has 0 aromatic heterocycles. The molecule has 0 spiro atoms. The minimum Gasteiger partial charge on any atom is -0.465 e. The Labute approximate surface area is 104 Å². The monoisotopic (exact) mass is 256 g/mol. The number of fused-ring (bicyclic) bond motifs is 1. The first kappa shape index (κ1) is 12.9. The van der Waals surface area contributed by atoms with Crippen molar-refractivity contribution in [3.05, 3.63) is 0 Å². The van der Waals surface area contributed by atoms with Gasteiger partial charge in [0.25, 0.3) is 0 Å². The molecule has 4 atom stereocenters. The second kappa shape index (κ2) is 4.28. The van der Waals surface area contributed by atoms with Crippen LogP contribution in [0.2, 0.25) is 25.7 Å². The summed E-state index contributed by atoms with van der Waals surface area (Å²) in [5.74, 6) is 1.32. The summed E-state index contributed by atoms with van der Waals surface area (Å²) in [7, 11) is -1.19. The van der Waals surface area contributed by atoms with Crippen LogP contribution in [0.3, 0.4) is 0 Å². The summed E-state index contributed by atoms with van der Waals surface area (Å²) < 4.78 is 0. The first-order valence-corrected chi connectivity index (χ1v) is 10.3. The minimum atomic E-state index is -1.19. The summed E-state index contributed by atoms with van der Waals surface area (Å²) in [6.07, 6.45) is 1.42. The van der Waals surface area contributed by atoms with Crippen LogP contribution in [0.5, 0.6) is 0 Å². The van der Waals surface area contributed by atoms with Crippen molar-refractivity contribution in [2.24, 2.45) is 17.6 Å². The van der Waals surface area contributed by atoms with Gasteiger partial charge in [0.2, 0.25) is 0 Å². The van der Waals surface area contributed by atoms with Crippen molar-refractivity contribution in [1.82, 2.24) is 4.90 Å². The molecule has 3 N–H and O–H groups in total. The standard InChI is InChI=1S/C12H24N2O2Si/c1-17(2,3)5-4-14(12(15)16)10-7-8-6-9(8)11(10)13/h8-11H,4-7,13H2,1-3H3,(H,15,16)/t8-,9-,10-,11+/m0/s1. The molecule has 0 aliphatic heterocycles. The number of carboxylic acid groups (broad SMARTS) is 1. The Balaban J connectivity index is 1.95. The largest absolute Gasteiger partial charge is 0.465 e. The van der Waals surface area contributed by atoms with Gasteiger partial charge < -0.3 is 15.7 Å². The van der Waals surface area contributed by atoms with Gasteiger partial charge in [-0.05, 0) is 30.7 Å². The fourth-order valence-electron chi connectivity index (χ4n) is 2.96. The topological polar surface area (TPSA) is 66.6 Å². The van der Waals surface area contributed by atoms with Crippen molar-refractivity contribution >= 4 is 14.2 Å². The lowest BCUT2D eigenvalue weighted by Gasteiger charge is -2.32. The molecule has 4 nitrogen and oxygen atoms in total. The number of hydrogen-bond donors (Lipinski definition) is 2. The molecule has 2 saturated carbocycles. The van der Waals surface area contributed by atoms with Crippen LogP contribution in [0.1, 0.15) is 12.8 Å². The Morgan fingerprint density at radius 1 is 1.41 bits per heavy atom. The molecule has 98 valence electrons. The first-order valence-electron chi connectivity index (χ1n) is 6.55. The molecular formula is C12H24N2O2Si. The molecule has 0 unspecified atom stereocenters. The summed E-state index contributed by atoms with van der Waals surface area (Å²) in [6, 6.07) is 1.18. The SMILES string of the molecule is C[Si](C)(C)CCN(C(=O)O)[C@H]1C[C@@H]2C[C@@H]2[C@H]1N. The highest BCUT2D eigenvalue weighted by molar-refractivity contribution is 6.76. The zero-order chi connectivity index (χ0) is 12.8. The molecule has 1 amide bonds. The fraction of sp³-hybridized carbons (Fsp3) is 0.917. The summed E-state index contributed by atoms with van der Waals surface area (Å²) >= 11 is 0. The van der Waals surface area contributed by atoms with Gasteiger partial charge in [-0.15, -0.1) is 0 Å². The van der Waals surface area contributed by atoms with Crippen LogP contribution in [-0.4, -0.2) is 42.8 Å². The van der Waals surface area contributed by atoms with E-state index in [1.165, 1.54) is 6.42 Å². The highest BCUT2D eigenvalue weighted by Crippen LogP contribution is 2.52. The minimum absolute atomic E-state index is 0.0765. The van der Waals surface area contributed by atoms with Gasteiger partial charge in [-0.2, -0.15) is 0 Å². The van der Waals surface area contributed by atoms with Crippen LogP contribution in [0.25, 0.3) is 0 Å². The van der Waals surface area contributed by atoms with Crippen LogP contribution in [0.4, 0.5) is 4.79 Å². The van der Waals surface area contributed by atoms with E-state index >= 15 is 0 Å². The molecule has 0 aromatic carbocycles. The molecule has 0 radical (unpaired) electrons. The Bertz CT molecular complexity index is 316. The number of hydrogen-bond acceptors (Lipinski definition) is 2. The van der Waals surface area contributed by atoms with Gasteiger partial charge >= 0.3 is 6.09 Å². The van der Waals surface area contributed by atoms with Crippen molar-refractivity contribution in [1.29, 1.82) is 0 Å². The predicted octanol–water partition coefficient (Wildman–Crippen LogP) is 2.04. The average Bonchev–Trinajstić information content (AvgIpc) is 2.86. The second-order valence-electron chi connectivity index (χ2n) is 6.83. The van der Waals surface area contributed by atoms with Crippen LogP contribution in [-0.2, 0) is 0 Å². The Kier molecular flexibility index (Phi) is 3.25. The van der Waals surface area contributed by atoms with E-state index in [0.717, 1.165) is 12.5 Å². The zero-order valence-corrected chi connectivity index (χ0v) is 12.0. The smallest absolute Gasteiger partial charge is 0.407 e. The van der Waals surface area contributed by atoms with E-state index < -0.39 is 14.2 Å². The van der Waals surface area contributed by atoms with E-state index in [-0.39, 0.29) is 12.1 Å².